The minimum Gasteiger partial charge on any atom is -0.496 e. The van der Waals surface area contributed by atoms with E-state index in [0.717, 1.165) is 16.2 Å². The van der Waals surface area contributed by atoms with E-state index in [1.165, 1.54) is 7.11 Å². The van der Waals surface area contributed by atoms with Crippen molar-refractivity contribution in [2.24, 2.45) is 0 Å². The Morgan fingerprint density at radius 1 is 1.00 bits per heavy atom. The van der Waals surface area contributed by atoms with Crippen LogP contribution in [0, 0.1) is 0 Å². The number of para-hydroxylation sites is 1. The topological polar surface area (TPSA) is 81.1 Å². The van der Waals surface area contributed by atoms with Gasteiger partial charge >= 0.3 is 0 Å². The van der Waals surface area contributed by atoms with Crippen molar-refractivity contribution in [3.63, 3.8) is 0 Å². The minimum atomic E-state index is -0.232. The van der Waals surface area contributed by atoms with Crippen LogP contribution in [-0.4, -0.2) is 52.7 Å². The number of methoxy groups -OCH3 is 2. The van der Waals surface area contributed by atoms with Gasteiger partial charge in [0, 0.05) is 11.6 Å². The molecule has 156 valence electrons. The lowest BCUT2D eigenvalue weighted by Crippen LogP contribution is -3.11. The van der Waals surface area contributed by atoms with Crippen molar-refractivity contribution in [1.29, 1.82) is 0 Å². The lowest BCUT2D eigenvalue weighted by atomic mass is 10.1. The third-order valence-corrected chi connectivity index (χ3v) is 4.50. The van der Waals surface area contributed by atoms with E-state index in [9.17, 15) is 9.59 Å². The zero-order chi connectivity index (χ0) is 21.2. The number of rotatable bonds is 10. The van der Waals surface area contributed by atoms with Gasteiger partial charge in [0.05, 0.1) is 27.0 Å². The molecule has 3 N–H and O–H groups in total. The quantitative estimate of drug-likeness (QED) is 0.539. The third-order valence-electron chi connectivity index (χ3n) is 4.27. The molecule has 0 heterocycles. The Labute approximate surface area is 175 Å². The first-order chi connectivity index (χ1) is 13.9. The average Bonchev–Trinajstić information content (AvgIpc) is 2.68. The number of halogens is 1. The summed E-state index contributed by atoms with van der Waals surface area (Å²) in [6.07, 6.45) is 0.670. The van der Waals surface area contributed by atoms with Crippen LogP contribution in [-0.2, 0) is 16.0 Å². The van der Waals surface area contributed by atoms with Crippen LogP contribution in [0.2, 0.25) is 5.02 Å². The molecular formula is C21H27ClN3O4+. The molecule has 0 fully saturated rings. The van der Waals surface area contributed by atoms with E-state index in [1.807, 2.05) is 24.3 Å². The largest absolute Gasteiger partial charge is 0.496 e. The van der Waals surface area contributed by atoms with Crippen molar-refractivity contribution in [2.45, 2.75) is 6.42 Å². The highest BCUT2D eigenvalue weighted by molar-refractivity contribution is 6.31. The molecule has 2 rings (SSSR count). The number of anilines is 1. The molecule has 1 atom stereocenters. The van der Waals surface area contributed by atoms with Crippen LogP contribution < -0.4 is 25.0 Å². The van der Waals surface area contributed by atoms with Gasteiger partial charge in [0.1, 0.15) is 11.5 Å². The number of amides is 2. The summed E-state index contributed by atoms with van der Waals surface area (Å²) in [7, 11) is 4.93. The Bertz CT molecular complexity index is 844. The van der Waals surface area contributed by atoms with Gasteiger partial charge in [-0.1, -0.05) is 29.8 Å². The first-order valence-corrected chi connectivity index (χ1v) is 9.64. The fourth-order valence-corrected chi connectivity index (χ4v) is 3.06. The molecule has 1 unspecified atom stereocenters. The monoisotopic (exact) mass is 420 g/mol. The van der Waals surface area contributed by atoms with Crippen LogP contribution in [0.4, 0.5) is 5.69 Å². The van der Waals surface area contributed by atoms with Gasteiger partial charge in [0.15, 0.2) is 13.1 Å². The molecule has 2 amide bonds. The Morgan fingerprint density at radius 3 is 2.41 bits per heavy atom. The predicted molar refractivity (Wildman–Crippen MR) is 113 cm³/mol. The van der Waals surface area contributed by atoms with Crippen molar-refractivity contribution >= 4 is 29.1 Å². The normalized spacial score (nSPS) is 11.4. The third kappa shape index (κ3) is 7.29. The summed E-state index contributed by atoms with van der Waals surface area (Å²) in [5.41, 5.74) is 1.53. The van der Waals surface area contributed by atoms with Gasteiger partial charge in [-0.05, 0) is 36.2 Å². The summed E-state index contributed by atoms with van der Waals surface area (Å²) in [5, 5.41) is 6.14. The van der Waals surface area contributed by atoms with E-state index in [2.05, 4.69) is 10.6 Å². The van der Waals surface area contributed by atoms with Crippen LogP contribution in [0.1, 0.15) is 5.56 Å². The average molecular weight is 421 g/mol. The maximum absolute atomic E-state index is 12.3. The van der Waals surface area contributed by atoms with Crippen LogP contribution in [0.3, 0.4) is 0 Å². The Kier molecular flexibility index (Phi) is 8.76. The second-order valence-electron chi connectivity index (χ2n) is 6.62. The van der Waals surface area contributed by atoms with Gasteiger partial charge in [-0.15, -0.1) is 0 Å². The fraction of sp³-hybridized carbons (Fsp3) is 0.333. The summed E-state index contributed by atoms with van der Waals surface area (Å²) in [6, 6.07) is 12.7. The molecule has 2 aromatic rings. The lowest BCUT2D eigenvalue weighted by molar-refractivity contribution is -0.862. The van der Waals surface area contributed by atoms with E-state index in [0.29, 0.717) is 29.4 Å². The highest BCUT2D eigenvalue weighted by Crippen LogP contribution is 2.27. The van der Waals surface area contributed by atoms with Gasteiger partial charge in [-0.2, -0.15) is 0 Å². The maximum atomic E-state index is 12.3. The summed E-state index contributed by atoms with van der Waals surface area (Å²) in [6.45, 7) is 0.819. The van der Waals surface area contributed by atoms with Crippen molar-refractivity contribution in [3.8, 4) is 11.5 Å². The number of benzene rings is 2. The van der Waals surface area contributed by atoms with Crippen LogP contribution in [0.5, 0.6) is 11.5 Å². The van der Waals surface area contributed by atoms with Gasteiger partial charge in [0.25, 0.3) is 11.8 Å². The van der Waals surface area contributed by atoms with E-state index in [4.69, 9.17) is 21.1 Å². The van der Waals surface area contributed by atoms with E-state index < -0.39 is 0 Å². The van der Waals surface area contributed by atoms with Crippen LogP contribution in [0.15, 0.2) is 42.5 Å². The molecular weight excluding hydrogens is 394 g/mol. The molecule has 29 heavy (non-hydrogen) atoms. The zero-order valence-corrected chi connectivity index (χ0v) is 17.6. The summed E-state index contributed by atoms with van der Waals surface area (Å²) < 4.78 is 10.5. The number of quaternary nitrogens is 1. The maximum Gasteiger partial charge on any atom is 0.279 e. The summed E-state index contributed by atoms with van der Waals surface area (Å²) in [5.74, 6) is 0.975. The second-order valence-corrected chi connectivity index (χ2v) is 7.05. The van der Waals surface area contributed by atoms with Crippen molar-refractivity contribution in [3.05, 3.63) is 53.1 Å². The molecule has 8 heteroatoms. The summed E-state index contributed by atoms with van der Waals surface area (Å²) in [4.78, 5) is 25.2. The van der Waals surface area contributed by atoms with Gasteiger partial charge in [0.2, 0.25) is 0 Å². The van der Waals surface area contributed by atoms with Crippen LogP contribution in [0.25, 0.3) is 0 Å². The molecule has 0 aliphatic carbocycles. The number of nitrogens with one attached hydrogen (secondary N) is 3. The highest BCUT2D eigenvalue weighted by atomic mass is 35.5. The lowest BCUT2D eigenvalue weighted by Gasteiger charge is -2.15. The minimum absolute atomic E-state index is 0.120. The molecule has 2 aromatic carbocycles. The number of ether oxygens (including phenoxy) is 2. The van der Waals surface area contributed by atoms with E-state index >= 15 is 0 Å². The first-order valence-electron chi connectivity index (χ1n) is 9.26. The van der Waals surface area contributed by atoms with Gasteiger partial charge in [-0.25, -0.2) is 0 Å². The van der Waals surface area contributed by atoms with E-state index in [-0.39, 0.29) is 24.9 Å². The molecule has 0 saturated carbocycles. The summed E-state index contributed by atoms with van der Waals surface area (Å²) >= 11 is 5.97. The molecule has 0 bridgehead atoms. The predicted octanol–water partition coefficient (Wildman–Crippen LogP) is 1.17. The van der Waals surface area contributed by atoms with Gasteiger partial charge < -0.3 is 25.0 Å². The number of likely N-dealkylation sites (N-methyl/N-ethyl adjacent to an activating group) is 1. The van der Waals surface area contributed by atoms with Crippen molar-refractivity contribution in [1.82, 2.24) is 5.32 Å². The fourth-order valence-electron chi connectivity index (χ4n) is 2.89. The van der Waals surface area contributed by atoms with E-state index in [1.54, 1.807) is 32.4 Å². The Balaban J connectivity index is 1.76. The first kappa shape index (κ1) is 22.5. The standard InChI is InChI=1S/C21H26ClN3O4/c1-25(14-21(27)24-17-12-16(22)8-9-19(17)29-3)13-20(26)23-11-10-15-6-4-5-7-18(15)28-2/h4-9,12H,10-11,13-14H2,1-3H3,(H,23,26)(H,24,27)/p+1. The molecule has 0 aliphatic heterocycles. The molecule has 0 saturated heterocycles. The Morgan fingerprint density at radius 2 is 1.69 bits per heavy atom. The highest BCUT2D eigenvalue weighted by Gasteiger charge is 2.16. The van der Waals surface area contributed by atoms with Crippen molar-refractivity contribution in [2.75, 3.05) is 46.2 Å². The number of hydrogen-bond acceptors (Lipinski definition) is 4. The molecule has 0 aliphatic rings. The Hall–Kier alpha value is -2.77. The number of carbonyl (C=O) groups is 2. The second kappa shape index (κ2) is 11.3. The van der Waals surface area contributed by atoms with Crippen LogP contribution >= 0.6 is 11.6 Å². The SMILES string of the molecule is COc1ccccc1CCNC(=O)C[NH+](C)CC(=O)Nc1cc(Cl)ccc1OC. The molecule has 0 radical (unpaired) electrons. The molecule has 0 spiro atoms. The number of hydrogen-bond donors (Lipinski definition) is 3. The molecule has 7 nitrogen and oxygen atoms in total. The zero-order valence-electron chi connectivity index (χ0n) is 16.9. The van der Waals surface area contributed by atoms with Gasteiger partial charge in [-0.3, -0.25) is 9.59 Å². The van der Waals surface area contributed by atoms with Crippen molar-refractivity contribution < 1.29 is 24.0 Å². The number of carbonyl (C=O) groups excluding carboxylic acids is 2. The smallest absolute Gasteiger partial charge is 0.279 e. The molecule has 0 aromatic heterocycles.